The van der Waals surface area contributed by atoms with Gasteiger partial charge in [-0.1, -0.05) is 29.6 Å². The summed E-state index contributed by atoms with van der Waals surface area (Å²) in [7, 11) is -3.70. The summed E-state index contributed by atoms with van der Waals surface area (Å²) in [5, 5.41) is 2.51. The van der Waals surface area contributed by atoms with E-state index in [9.17, 15) is 17.6 Å². The third-order valence-corrected chi connectivity index (χ3v) is 6.83. The van der Waals surface area contributed by atoms with E-state index in [0.29, 0.717) is 13.1 Å². The molecule has 0 atom stereocenters. The van der Waals surface area contributed by atoms with Crippen LogP contribution in [0.15, 0.2) is 41.3 Å². The van der Waals surface area contributed by atoms with E-state index >= 15 is 0 Å². The van der Waals surface area contributed by atoms with Crippen LogP contribution >= 0.6 is 23.2 Å². The van der Waals surface area contributed by atoms with Crippen LogP contribution in [-0.2, 0) is 10.0 Å². The Kier molecular flexibility index (Phi) is 6.05. The number of sulfonamides is 1. The smallest absolute Gasteiger partial charge is 0.257 e. The molecule has 5 nitrogen and oxygen atoms in total. The molecule has 0 bridgehead atoms. The van der Waals surface area contributed by atoms with Gasteiger partial charge in [0.1, 0.15) is 5.82 Å². The van der Waals surface area contributed by atoms with Crippen molar-refractivity contribution in [2.24, 2.45) is 0 Å². The zero-order valence-electron chi connectivity index (χ0n) is 14.2. The van der Waals surface area contributed by atoms with Crippen LogP contribution in [0.3, 0.4) is 0 Å². The number of carbonyl (C=O) groups is 1. The predicted molar refractivity (Wildman–Crippen MR) is 103 cm³/mol. The molecule has 1 heterocycles. The van der Waals surface area contributed by atoms with Crippen LogP contribution in [0.2, 0.25) is 10.0 Å². The van der Waals surface area contributed by atoms with E-state index in [1.807, 2.05) is 0 Å². The summed E-state index contributed by atoms with van der Waals surface area (Å²) in [4.78, 5) is 12.6. The third-order valence-electron chi connectivity index (χ3n) is 4.31. The van der Waals surface area contributed by atoms with Crippen molar-refractivity contribution in [3.05, 3.63) is 57.8 Å². The molecule has 0 aliphatic carbocycles. The molecule has 1 N–H and O–H groups in total. The topological polar surface area (TPSA) is 66.5 Å². The SMILES string of the molecule is O=C(Nc1ccc(F)c(Cl)c1)c1cc(S(=O)(=O)N2CCCCC2)ccc1Cl. The van der Waals surface area contributed by atoms with E-state index in [0.717, 1.165) is 25.3 Å². The summed E-state index contributed by atoms with van der Waals surface area (Å²) in [5.41, 5.74) is 0.280. The molecule has 3 rings (SSSR count). The maximum absolute atomic E-state index is 13.2. The minimum Gasteiger partial charge on any atom is -0.322 e. The predicted octanol–water partition coefficient (Wildman–Crippen LogP) is 4.56. The highest BCUT2D eigenvalue weighted by atomic mass is 35.5. The standard InChI is InChI=1S/C18H17Cl2FN2O3S/c19-15-6-5-13(27(25,26)23-8-2-1-3-9-23)11-14(15)18(24)22-12-4-7-17(21)16(20)10-12/h4-7,10-11H,1-3,8-9H2,(H,22,24). The van der Waals surface area contributed by atoms with Crippen molar-refractivity contribution in [1.82, 2.24) is 4.31 Å². The van der Waals surface area contributed by atoms with Crippen LogP contribution < -0.4 is 5.32 Å². The van der Waals surface area contributed by atoms with Gasteiger partial charge in [0.05, 0.1) is 20.5 Å². The fourth-order valence-corrected chi connectivity index (χ4v) is 4.79. The molecule has 0 spiro atoms. The molecular formula is C18H17Cl2FN2O3S. The minimum atomic E-state index is -3.70. The average Bonchev–Trinajstić information content (AvgIpc) is 2.65. The molecule has 1 fully saturated rings. The lowest BCUT2D eigenvalue weighted by Crippen LogP contribution is -2.35. The second-order valence-electron chi connectivity index (χ2n) is 6.19. The Balaban J connectivity index is 1.88. The average molecular weight is 431 g/mol. The number of benzene rings is 2. The van der Waals surface area contributed by atoms with Gasteiger partial charge >= 0.3 is 0 Å². The Morgan fingerprint density at radius 1 is 1.00 bits per heavy atom. The van der Waals surface area contributed by atoms with Gasteiger partial charge in [-0.3, -0.25) is 4.79 Å². The Hall–Kier alpha value is -1.67. The van der Waals surface area contributed by atoms with E-state index in [2.05, 4.69) is 5.32 Å². The normalized spacial score (nSPS) is 15.5. The number of nitrogens with one attached hydrogen (secondary N) is 1. The first-order chi connectivity index (χ1) is 12.8. The van der Waals surface area contributed by atoms with Gasteiger partial charge in [0.2, 0.25) is 10.0 Å². The van der Waals surface area contributed by atoms with E-state index < -0.39 is 21.7 Å². The maximum Gasteiger partial charge on any atom is 0.257 e. The van der Waals surface area contributed by atoms with Crippen LogP contribution in [0, 0.1) is 5.82 Å². The lowest BCUT2D eigenvalue weighted by Gasteiger charge is -2.26. The van der Waals surface area contributed by atoms with Crippen molar-refractivity contribution in [2.45, 2.75) is 24.2 Å². The summed E-state index contributed by atoms with van der Waals surface area (Å²) in [6, 6.07) is 7.75. The number of rotatable bonds is 4. The first-order valence-electron chi connectivity index (χ1n) is 8.35. The summed E-state index contributed by atoms with van der Waals surface area (Å²) in [6.45, 7) is 0.918. The molecule has 0 unspecified atom stereocenters. The van der Waals surface area contributed by atoms with Gasteiger partial charge in [-0.05, 0) is 49.2 Å². The molecule has 2 aromatic rings. The number of halogens is 3. The fourth-order valence-electron chi connectivity index (χ4n) is 2.87. The van der Waals surface area contributed by atoms with Crippen LogP contribution in [0.1, 0.15) is 29.6 Å². The number of anilines is 1. The molecule has 2 aromatic carbocycles. The summed E-state index contributed by atoms with van der Waals surface area (Å²) < 4.78 is 40.3. The van der Waals surface area contributed by atoms with Gasteiger partial charge in [0, 0.05) is 18.8 Å². The molecule has 1 amide bonds. The molecule has 27 heavy (non-hydrogen) atoms. The minimum absolute atomic E-state index is 0.00944. The second-order valence-corrected chi connectivity index (χ2v) is 8.94. The number of piperidine rings is 1. The molecular weight excluding hydrogens is 414 g/mol. The van der Waals surface area contributed by atoms with E-state index in [4.69, 9.17) is 23.2 Å². The van der Waals surface area contributed by atoms with Crippen LogP contribution in [0.25, 0.3) is 0 Å². The highest BCUT2D eigenvalue weighted by Crippen LogP contribution is 2.26. The van der Waals surface area contributed by atoms with Crippen molar-refractivity contribution >= 4 is 44.8 Å². The summed E-state index contributed by atoms with van der Waals surface area (Å²) >= 11 is 11.8. The second kappa shape index (κ2) is 8.14. The Morgan fingerprint density at radius 3 is 2.37 bits per heavy atom. The fraction of sp³-hybridized carbons (Fsp3) is 0.278. The Morgan fingerprint density at radius 2 is 1.70 bits per heavy atom. The van der Waals surface area contributed by atoms with Gasteiger partial charge < -0.3 is 5.32 Å². The van der Waals surface area contributed by atoms with Crippen molar-refractivity contribution in [1.29, 1.82) is 0 Å². The van der Waals surface area contributed by atoms with Gasteiger partial charge in [-0.15, -0.1) is 0 Å². The van der Waals surface area contributed by atoms with Crippen molar-refractivity contribution < 1.29 is 17.6 Å². The molecule has 0 radical (unpaired) electrons. The molecule has 1 saturated heterocycles. The van der Waals surface area contributed by atoms with Crippen molar-refractivity contribution in [3.63, 3.8) is 0 Å². The quantitative estimate of drug-likeness (QED) is 0.772. The zero-order valence-corrected chi connectivity index (χ0v) is 16.5. The number of carbonyl (C=O) groups excluding carboxylic acids is 1. The number of amides is 1. The van der Waals surface area contributed by atoms with E-state index in [-0.39, 0.29) is 26.2 Å². The largest absolute Gasteiger partial charge is 0.322 e. The first-order valence-corrected chi connectivity index (χ1v) is 10.5. The molecule has 0 aromatic heterocycles. The molecule has 144 valence electrons. The van der Waals surface area contributed by atoms with Crippen LogP contribution in [0.5, 0.6) is 0 Å². The van der Waals surface area contributed by atoms with Gasteiger partial charge in [0.25, 0.3) is 5.91 Å². The lowest BCUT2D eigenvalue weighted by atomic mass is 10.2. The third kappa shape index (κ3) is 4.43. The summed E-state index contributed by atoms with van der Waals surface area (Å²) in [6.07, 6.45) is 2.62. The van der Waals surface area contributed by atoms with Crippen molar-refractivity contribution in [2.75, 3.05) is 18.4 Å². The molecule has 9 heteroatoms. The number of hydrogen-bond acceptors (Lipinski definition) is 3. The lowest BCUT2D eigenvalue weighted by molar-refractivity contribution is 0.102. The summed E-state index contributed by atoms with van der Waals surface area (Å²) in [5.74, 6) is -1.22. The van der Waals surface area contributed by atoms with Crippen LogP contribution in [-0.4, -0.2) is 31.7 Å². The Labute approximate surface area is 167 Å². The van der Waals surface area contributed by atoms with Crippen LogP contribution in [0.4, 0.5) is 10.1 Å². The molecule has 1 aliphatic rings. The van der Waals surface area contributed by atoms with E-state index in [1.165, 1.54) is 34.6 Å². The number of hydrogen-bond donors (Lipinski definition) is 1. The maximum atomic E-state index is 13.2. The van der Waals surface area contributed by atoms with Crippen molar-refractivity contribution in [3.8, 4) is 0 Å². The first kappa shape index (κ1) is 20.1. The van der Waals surface area contributed by atoms with Gasteiger partial charge in [-0.25, -0.2) is 12.8 Å². The van der Waals surface area contributed by atoms with E-state index in [1.54, 1.807) is 0 Å². The Bertz CT molecular complexity index is 977. The monoisotopic (exact) mass is 430 g/mol. The zero-order chi connectivity index (χ0) is 19.6. The molecule has 1 aliphatic heterocycles. The highest BCUT2D eigenvalue weighted by molar-refractivity contribution is 7.89. The highest BCUT2D eigenvalue weighted by Gasteiger charge is 2.27. The molecule has 0 saturated carbocycles. The van der Waals surface area contributed by atoms with Gasteiger partial charge in [0.15, 0.2) is 0 Å². The number of nitrogens with zero attached hydrogens (tertiary/aromatic N) is 1. The van der Waals surface area contributed by atoms with Gasteiger partial charge in [-0.2, -0.15) is 4.31 Å².